The van der Waals surface area contributed by atoms with Crippen LogP contribution in [0.2, 0.25) is 0 Å². The van der Waals surface area contributed by atoms with Gasteiger partial charge in [0.1, 0.15) is 11.4 Å². The van der Waals surface area contributed by atoms with Gasteiger partial charge in [0.15, 0.2) is 11.9 Å². The van der Waals surface area contributed by atoms with Crippen molar-refractivity contribution in [1.29, 1.82) is 0 Å². The van der Waals surface area contributed by atoms with E-state index in [1.165, 1.54) is 4.57 Å². The fraction of sp³-hybridized carbons (Fsp3) is 0.370. The van der Waals surface area contributed by atoms with Crippen LogP contribution in [0.25, 0.3) is 21.9 Å². The minimum absolute atomic E-state index is 0.0514. The van der Waals surface area contributed by atoms with E-state index in [2.05, 4.69) is 0 Å². The highest BCUT2D eigenvalue weighted by atomic mass is 16.5. The molecule has 0 amide bonds. The third kappa shape index (κ3) is 4.23. The number of carboxylic acid groups (broad SMARTS) is 1. The largest absolute Gasteiger partial charge is 0.487 e. The van der Waals surface area contributed by atoms with Gasteiger partial charge in [-0.05, 0) is 63.8 Å². The summed E-state index contributed by atoms with van der Waals surface area (Å²) >= 11 is 0. The number of benzene rings is 2. The first-order valence-corrected chi connectivity index (χ1v) is 11.2. The van der Waals surface area contributed by atoms with Gasteiger partial charge in [-0.2, -0.15) is 0 Å². The van der Waals surface area contributed by atoms with Crippen molar-refractivity contribution in [3.8, 4) is 16.9 Å². The molecule has 1 aromatic heterocycles. The molecule has 7 nitrogen and oxygen atoms in total. The number of carbonyl (C=O) groups is 2. The van der Waals surface area contributed by atoms with E-state index in [-0.39, 0.29) is 23.5 Å². The average Bonchev–Trinajstić information content (AvgIpc) is 2.73. The molecule has 34 heavy (non-hydrogen) atoms. The number of aliphatic carboxylic acids is 1. The molecule has 2 heterocycles. The highest BCUT2D eigenvalue weighted by molar-refractivity contribution is 6.04. The average molecular weight is 464 g/mol. The van der Waals surface area contributed by atoms with Crippen molar-refractivity contribution in [2.75, 3.05) is 0 Å². The van der Waals surface area contributed by atoms with Crippen molar-refractivity contribution in [3.63, 3.8) is 0 Å². The molecule has 0 bridgehead atoms. The first-order chi connectivity index (χ1) is 15.8. The number of Topliss-reactive ketones (excluding diaryl/α,β-unsaturated/α-hetero) is 1. The third-order valence-electron chi connectivity index (χ3n) is 5.83. The lowest BCUT2D eigenvalue weighted by atomic mass is 9.89. The van der Waals surface area contributed by atoms with E-state index in [4.69, 9.17) is 9.47 Å². The van der Waals surface area contributed by atoms with Crippen molar-refractivity contribution in [2.24, 2.45) is 7.05 Å². The van der Waals surface area contributed by atoms with Crippen LogP contribution in [0.15, 0.2) is 47.3 Å². The van der Waals surface area contributed by atoms with Crippen molar-refractivity contribution in [3.05, 3.63) is 64.1 Å². The van der Waals surface area contributed by atoms with Gasteiger partial charge >= 0.3 is 5.97 Å². The molecular formula is C27H29NO6. The van der Waals surface area contributed by atoms with Crippen LogP contribution in [-0.2, 0) is 16.6 Å². The lowest BCUT2D eigenvalue weighted by Gasteiger charge is -2.32. The van der Waals surface area contributed by atoms with E-state index in [0.29, 0.717) is 33.2 Å². The molecule has 0 spiro atoms. The van der Waals surface area contributed by atoms with Crippen LogP contribution >= 0.6 is 0 Å². The highest BCUT2D eigenvalue weighted by Gasteiger charge is 2.35. The number of aromatic nitrogens is 1. The topological polar surface area (TPSA) is 94.8 Å². The Balaban J connectivity index is 2.07. The summed E-state index contributed by atoms with van der Waals surface area (Å²) < 4.78 is 13.3. The number of fused-ring (bicyclic) bond motifs is 2. The molecule has 1 unspecified atom stereocenters. The van der Waals surface area contributed by atoms with E-state index < -0.39 is 23.3 Å². The zero-order chi connectivity index (χ0) is 25.0. The van der Waals surface area contributed by atoms with Gasteiger partial charge in [-0.3, -0.25) is 9.59 Å². The van der Waals surface area contributed by atoms with Crippen LogP contribution in [0.3, 0.4) is 0 Å². The molecule has 1 aliphatic heterocycles. The number of hydrogen-bond donors (Lipinski definition) is 1. The molecule has 1 N–H and O–H groups in total. The molecule has 1 atom stereocenters. The minimum Gasteiger partial charge on any atom is -0.487 e. The Hall–Kier alpha value is -3.45. The maximum Gasteiger partial charge on any atom is 0.339 e. The third-order valence-corrected chi connectivity index (χ3v) is 5.83. The fourth-order valence-electron chi connectivity index (χ4n) is 4.48. The first kappa shape index (κ1) is 23.7. The van der Waals surface area contributed by atoms with Gasteiger partial charge < -0.3 is 19.1 Å². The molecule has 0 radical (unpaired) electrons. The predicted octanol–water partition coefficient (Wildman–Crippen LogP) is 4.89. The minimum atomic E-state index is -1.40. The van der Waals surface area contributed by atoms with Crippen molar-refractivity contribution >= 4 is 22.5 Å². The molecule has 7 heteroatoms. The van der Waals surface area contributed by atoms with E-state index in [9.17, 15) is 19.5 Å². The Bertz CT molecular complexity index is 1380. The number of ketones is 1. The zero-order valence-corrected chi connectivity index (χ0v) is 20.3. The quantitative estimate of drug-likeness (QED) is 0.592. The Kier molecular flexibility index (Phi) is 5.64. The summed E-state index contributed by atoms with van der Waals surface area (Å²) in [5.74, 6) is -0.772. The zero-order valence-electron chi connectivity index (χ0n) is 20.3. The lowest BCUT2D eigenvalue weighted by Crippen LogP contribution is -2.35. The molecule has 4 rings (SSSR count). The Labute approximate surface area is 197 Å². The molecule has 0 saturated carbocycles. The van der Waals surface area contributed by atoms with Gasteiger partial charge in [-0.15, -0.1) is 0 Å². The van der Waals surface area contributed by atoms with E-state index >= 15 is 0 Å². The number of pyridine rings is 1. The summed E-state index contributed by atoms with van der Waals surface area (Å²) in [5.41, 5.74) is 0.0929. The Morgan fingerprint density at radius 2 is 1.76 bits per heavy atom. The monoisotopic (exact) mass is 463 g/mol. The smallest absolute Gasteiger partial charge is 0.339 e. The first-order valence-electron chi connectivity index (χ1n) is 11.2. The summed E-state index contributed by atoms with van der Waals surface area (Å²) in [6.07, 6.45) is -1.17. The summed E-state index contributed by atoms with van der Waals surface area (Å²) in [7, 11) is 1.55. The van der Waals surface area contributed by atoms with Crippen molar-refractivity contribution in [2.45, 2.75) is 58.3 Å². The number of carboxylic acids is 1. The highest BCUT2D eigenvalue weighted by Crippen LogP contribution is 2.40. The number of carbonyl (C=O) groups excluding carboxylic acids is 1. The number of rotatable bonds is 4. The van der Waals surface area contributed by atoms with Crippen LogP contribution in [0.4, 0.5) is 0 Å². The van der Waals surface area contributed by atoms with Crippen LogP contribution in [0.5, 0.6) is 5.75 Å². The Morgan fingerprint density at radius 1 is 1.12 bits per heavy atom. The molecule has 178 valence electrons. The molecular weight excluding hydrogens is 434 g/mol. The SMILES string of the molecule is Cn1c(C(OC(C)(C)C)C(=O)O)c(-c2ccc3c(c2)C(=O)CC(C)(C)O3)c2ccccc2c1=O. The molecule has 0 fully saturated rings. The van der Waals surface area contributed by atoms with Crippen LogP contribution in [-0.4, -0.2) is 32.6 Å². The standard InChI is InChI=1S/C27H29NO6/c1-26(2,3)34-23(25(31)32)22-21(16-9-7-8-10-17(16)24(30)28(22)6)15-11-12-20-18(13-15)19(29)14-27(4,5)33-20/h7-13,23H,14H2,1-6H3,(H,31,32). The Morgan fingerprint density at radius 3 is 2.38 bits per heavy atom. The number of hydrogen-bond acceptors (Lipinski definition) is 5. The summed E-state index contributed by atoms with van der Waals surface area (Å²) in [5, 5.41) is 11.2. The van der Waals surface area contributed by atoms with Gasteiger partial charge in [0.2, 0.25) is 0 Å². The van der Waals surface area contributed by atoms with Gasteiger partial charge in [0.05, 0.1) is 23.3 Å². The molecule has 3 aromatic rings. The summed E-state index contributed by atoms with van der Waals surface area (Å²) in [4.78, 5) is 38.6. The fourth-order valence-corrected chi connectivity index (χ4v) is 4.48. The molecule has 0 aliphatic carbocycles. The van der Waals surface area contributed by atoms with Crippen LogP contribution in [0.1, 0.15) is 63.2 Å². The number of nitrogens with zero attached hydrogens (tertiary/aromatic N) is 1. The van der Waals surface area contributed by atoms with Crippen molar-refractivity contribution in [1.82, 2.24) is 4.57 Å². The summed E-state index contributed by atoms with van der Waals surface area (Å²) in [6.45, 7) is 9.01. The second kappa shape index (κ2) is 8.09. The van der Waals surface area contributed by atoms with E-state index in [0.717, 1.165) is 0 Å². The molecule has 2 aromatic carbocycles. The van der Waals surface area contributed by atoms with Gasteiger partial charge in [-0.25, -0.2) is 4.79 Å². The van der Waals surface area contributed by atoms with Crippen LogP contribution < -0.4 is 10.3 Å². The number of ether oxygens (including phenoxy) is 2. The molecule has 1 aliphatic rings. The molecule has 0 saturated heterocycles. The normalized spacial score (nSPS) is 16.1. The van der Waals surface area contributed by atoms with Crippen LogP contribution in [0, 0.1) is 0 Å². The second-order valence-electron chi connectivity index (χ2n) is 10.3. The van der Waals surface area contributed by atoms with Gasteiger partial charge in [0.25, 0.3) is 5.56 Å². The van der Waals surface area contributed by atoms with E-state index in [1.807, 2.05) is 13.8 Å². The second-order valence-corrected chi connectivity index (χ2v) is 10.3. The van der Waals surface area contributed by atoms with Gasteiger partial charge in [-0.1, -0.05) is 24.3 Å². The lowest BCUT2D eigenvalue weighted by molar-refractivity contribution is -0.161. The predicted molar refractivity (Wildman–Crippen MR) is 129 cm³/mol. The van der Waals surface area contributed by atoms with E-state index in [1.54, 1.807) is 70.3 Å². The van der Waals surface area contributed by atoms with Gasteiger partial charge in [0, 0.05) is 18.0 Å². The summed E-state index contributed by atoms with van der Waals surface area (Å²) in [6, 6.07) is 12.3. The van der Waals surface area contributed by atoms with Crippen molar-refractivity contribution < 1.29 is 24.2 Å². The maximum atomic E-state index is 13.2. The maximum absolute atomic E-state index is 13.2.